The molecule has 2 rings (SSSR count). The Bertz CT molecular complexity index is 281. The molecule has 0 heterocycles. The van der Waals surface area contributed by atoms with Crippen molar-refractivity contribution in [1.29, 1.82) is 0 Å². The molecule has 0 bridgehead atoms. The normalized spacial score (nSPS) is 28.7. The lowest BCUT2D eigenvalue weighted by Gasteiger charge is -2.36. The van der Waals surface area contributed by atoms with Crippen LogP contribution < -0.4 is 0 Å². The van der Waals surface area contributed by atoms with Crippen LogP contribution in [-0.2, 0) is 4.79 Å². The summed E-state index contributed by atoms with van der Waals surface area (Å²) < 4.78 is 0. The molecule has 0 N–H and O–H groups in total. The summed E-state index contributed by atoms with van der Waals surface area (Å²) >= 11 is 0. The molecule has 2 heteroatoms. The highest BCUT2D eigenvalue weighted by Gasteiger charge is 2.35. The second-order valence-corrected chi connectivity index (χ2v) is 6.83. The predicted octanol–water partition coefficient (Wildman–Crippen LogP) is 3.11. The van der Waals surface area contributed by atoms with Gasteiger partial charge in [0.2, 0.25) is 0 Å². The number of hydrogen-bond donors (Lipinski definition) is 0. The van der Waals surface area contributed by atoms with Crippen LogP contribution >= 0.6 is 0 Å². The van der Waals surface area contributed by atoms with Crippen molar-refractivity contribution in [1.82, 2.24) is 4.90 Å². The van der Waals surface area contributed by atoms with Gasteiger partial charge >= 0.3 is 0 Å². The van der Waals surface area contributed by atoms with Crippen LogP contribution in [0.1, 0.15) is 52.9 Å². The van der Waals surface area contributed by atoms with E-state index in [0.29, 0.717) is 17.1 Å². The molecule has 0 aromatic heterocycles. The highest BCUT2D eigenvalue weighted by Crippen LogP contribution is 2.37. The summed E-state index contributed by atoms with van der Waals surface area (Å²) in [6.45, 7) is 10.2. The summed E-state index contributed by atoms with van der Waals surface area (Å²) in [5, 5.41) is 0. The average molecular weight is 237 g/mol. The van der Waals surface area contributed by atoms with E-state index in [1.807, 2.05) is 0 Å². The molecule has 1 unspecified atom stereocenters. The van der Waals surface area contributed by atoms with E-state index in [0.717, 1.165) is 38.3 Å². The first-order chi connectivity index (χ1) is 8.00. The second-order valence-electron chi connectivity index (χ2n) is 6.83. The minimum Gasteiger partial charge on any atom is -0.303 e. The van der Waals surface area contributed by atoms with E-state index in [-0.39, 0.29) is 0 Å². The molecule has 0 spiro atoms. The predicted molar refractivity (Wildman–Crippen MR) is 71.0 cm³/mol. The molecule has 2 saturated carbocycles. The number of carbonyl (C=O) groups excluding carboxylic acids is 1. The van der Waals surface area contributed by atoms with E-state index < -0.39 is 0 Å². The van der Waals surface area contributed by atoms with E-state index in [9.17, 15) is 4.79 Å². The van der Waals surface area contributed by atoms with Gasteiger partial charge in [0.15, 0.2) is 0 Å². The van der Waals surface area contributed by atoms with Gasteiger partial charge in [-0.25, -0.2) is 0 Å². The molecule has 2 aliphatic rings. The Morgan fingerprint density at radius 1 is 1.29 bits per heavy atom. The molecule has 17 heavy (non-hydrogen) atoms. The van der Waals surface area contributed by atoms with Gasteiger partial charge < -0.3 is 4.90 Å². The summed E-state index contributed by atoms with van der Waals surface area (Å²) in [5.41, 5.74) is 0.373. The first-order valence-corrected chi connectivity index (χ1v) is 7.25. The fourth-order valence-corrected chi connectivity index (χ4v) is 3.02. The van der Waals surface area contributed by atoms with E-state index in [1.54, 1.807) is 0 Å². The molecule has 0 aromatic carbocycles. The average Bonchev–Trinajstić information content (AvgIpc) is 3.06. The van der Waals surface area contributed by atoms with Crippen LogP contribution in [0.4, 0.5) is 0 Å². The molecule has 0 aromatic rings. The van der Waals surface area contributed by atoms with Crippen molar-refractivity contribution in [2.45, 2.75) is 52.9 Å². The Labute approximate surface area is 106 Å². The molecule has 0 aliphatic heterocycles. The van der Waals surface area contributed by atoms with Crippen molar-refractivity contribution >= 4 is 5.78 Å². The minimum atomic E-state index is 0.303. The van der Waals surface area contributed by atoms with Gasteiger partial charge in [-0.05, 0) is 43.6 Å². The van der Waals surface area contributed by atoms with E-state index >= 15 is 0 Å². The second kappa shape index (κ2) is 5.09. The van der Waals surface area contributed by atoms with Gasteiger partial charge in [-0.2, -0.15) is 0 Å². The van der Waals surface area contributed by atoms with E-state index in [1.165, 1.54) is 19.4 Å². The van der Waals surface area contributed by atoms with Crippen LogP contribution in [0.25, 0.3) is 0 Å². The molecule has 2 nitrogen and oxygen atoms in total. The standard InChI is InChI=1S/C15H27NO/c1-4-16(10-12-5-6-12)11-13-9-15(2,3)8-7-14(13)17/h12-13H,4-11H2,1-3H3. The number of hydrogen-bond acceptors (Lipinski definition) is 2. The molecular weight excluding hydrogens is 210 g/mol. The fourth-order valence-electron chi connectivity index (χ4n) is 3.02. The van der Waals surface area contributed by atoms with Crippen LogP contribution in [0.3, 0.4) is 0 Å². The van der Waals surface area contributed by atoms with Crippen molar-refractivity contribution in [2.24, 2.45) is 17.3 Å². The van der Waals surface area contributed by atoms with Crippen LogP contribution in [-0.4, -0.2) is 30.3 Å². The Balaban J connectivity index is 1.87. The van der Waals surface area contributed by atoms with E-state index in [4.69, 9.17) is 0 Å². The highest BCUT2D eigenvalue weighted by molar-refractivity contribution is 5.82. The molecular formula is C15H27NO. The molecule has 0 amide bonds. The zero-order chi connectivity index (χ0) is 12.5. The first kappa shape index (κ1) is 13.1. The highest BCUT2D eigenvalue weighted by atomic mass is 16.1. The maximum absolute atomic E-state index is 12.0. The topological polar surface area (TPSA) is 20.3 Å². The monoisotopic (exact) mass is 237 g/mol. The number of ketones is 1. The number of Topliss-reactive ketones (excluding diaryl/α,β-unsaturated/α-hetero) is 1. The summed E-state index contributed by atoms with van der Waals surface area (Å²) in [6, 6.07) is 0. The smallest absolute Gasteiger partial charge is 0.137 e. The third-order valence-electron chi connectivity index (χ3n) is 4.44. The lowest BCUT2D eigenvalue weighted by molar-refractivity contribution is -0.127. The number of nitrogens with zero attached hydrogens (tertiary/aromatic N) is 1. The zero-order valence-corrected chi connectivity index (χ0v) is 11.7. The van der Waals surface area contributed by atoms with Gasteiger partial charge in [-0.15, -0.1) is 0 Å². The third kappa shape index (κ3) is 3.80. The van der Waals surface area contributed by atoms with Crippen molar-refractivity contribution in [2.75, 3.05) is 19.6 Å². The van der Waals surface area contributed by atoms with Gasteiger partial charge in [0, 0.05) is 25.4 Å². The van der Waals surface area contributed by atoms with Gasteiger partial charge in [0.1, 0.15) is 5.78 Å². The van der Waals surface area contributed by atoms with Crippen molar-refractivity contribution in [3.63, 3.8) is 0 Å². The van der Waals surface area contributed by atoms with Crippen LogP contribution in [0.15, 0.2) is 0 Å². The maximum atomic E-state index is 12.0. The quantitative estimate of drug-likeness (QED) is 0.732. The van der Waals surface area contributed by atoms with Crippen molar-refractivity contribution in [3.05, 3.63) is 0 Å². The Morgan fingerprint density at radius 2 is 2.00 bits per heavy atom. The Hall–Kier alpha value is -0.370. The summed E-state index contributed by atoms with van der Waals surface area (Å²) in [4.78, 5) is 14.5. The summed E-state index contributed by atoms with van der Waals surface area (Å²) in [5.74, 6) is 1.75. The molecule has 98 valence electrons. The SMILES string of the molecule is CCN(CC1CC1)CC1CC(C)(C)CCC1=O. The maximum Gasteiger partial charge on any atom is 0.137 e. The number of carbonyl (C=O) groups is 1. The van der Waals surface area contributed by atoms with Gasteiger partial charge in [0.05, 0.1) is 0 Å². The molecule has 0 radical (unpaired) electrons. The number of rotatable bonds is 5. The largest absolute Gasteiger partial charge is 0.303 e. The van der Waals surface area contributed by atoms with Crippen LogP contribution in [0, 0.1) is 17.3 Å². The zero-order valence-electron chi connectivity index (χ0n) is 11.7. The lowest BCUT2D eigenvalue weighted by atomic mass is 9.71. The molecule has 2 fully saturated rings. The molecule has 1 atom stereocenters. The van der Waals surface area contributed by atoms with Gasteiger partial charge in [0.25, 0.3) is 0 Å². The van der Waals surface area contributed by atoms with Crippen molar-refractivity contribution in [3.8, 4) is 0 Å². The Morgan fingerprint density at radius 3 is 2.59 bits per heavy atom. The first-order valence-electron chi connectivity index (χ1n) is 7.25. The van der Waals surface area contributed by atoms with E-state index in [2.05, 4.69) is 25.7 Å². The Kier molecular flexibility index (Phi) is 3.92. The summed E-state index contributed by atoms with van der Waals surface area (Å²) in [7, 11) is 0. The van der Waals surface area contributed by atoms with Gasteiger partial charge in [-0.1, -0.05) is 20.8 Å². The van der Waals surface area contributed by atoms with Crippen molar-refractivity contribution < 1.29 is 4.79 Å². The summed E-state index contributed by atoms with van der Waals surface area (Å²) in [6.07, 6.45) is 5.78. The van der Waals surface area contributed by atoms with Crippen LogP contribution in [0.5, 0.6) is 0 Å². The molecule has 0 saturated heterocycles. The minimum absolute atomic E-state index is 0.303. The van der Waals surface area contributed by atoms with Crippen LogP contribution in [0.2, 0.25) is 0 Å². The van der Waals surface area contributed by atoms with Gasteiger partial charge in [-0.3, -0.25) is 4.79 Å². The lowest BCUT2D eigenvalue weighted by Crippen LogP contribution is -2.39. The third-order valence-corrected chi connectivity index (χ3v) is 4.44. The molecule has 2 aliphatic carbocycles. The fraction of sp³-hybridized carbons (Fsp3) is 0.933.